The lowest BCUT2D eigenvalue weighted by molar-refractivity contribution is -0.119. The molecule has 7 heteroatoms. The molecule has 1 aliphatic carbocycles. The minimum Gasteiger partial charge on any atom is -0.452 e. The Morgan fingerprint density at radius 1 is 1.37 bits per heavy atom. The van der Waals surface area contributed by atoms with Crippen molar-refractivity contribution < 1.29 is 14.3 Å². The van der Waals surface area contributed by atoms with Gasteiger partial charge in [-0.3, -0.25) is 4.79 Å². The zero-order valence-corrected chi connectivity index (χ0v) is 18.0. The number of nitrogens with zero attached hydrogens (tertiary/aromatic N) is 1. The fourth-order valence-corrected chi connectivity index (χ4v) is 5.30. The number of fused-ring (bicyclic) bond motifs is 2. The molecule has 2 heterocycles. The zero-order chi connectivity index (χ0) is 21.4. The predicted molar refractivity (Wildman–Crippen MR) is 117 cm³/mol. The molecule has 0 saturated carbocycles. The number of anilines is 1. The van der Waals surface area contributed by atoms with Crippen molar-refractivity contribution in [3.8, 4) is 6.07 Å². The third-order valence-corrected chi connectivity index (χ3v) is 6.92. The van der Waals surface area contributed by atoms with Crippen LogP contribution in [0.4, 0.5) is 5.00 Å². The number of ether oxygens (including phenoxy) is 1. The van der Waals surface area contributed by atoms with Crippen LogP contribution in [0.5, 0.6) is 0 Å². The summed E-state index contributed by atoms with van der Waals surface area (Å²) in [7, 11) is 0. The monoisotopic (exact) mass is 421 g/mol. The van der Waals surface area contributed by atoms with Crippen molar-refractivity contribution in [2.75, 3.05) is 11.9 Å². The molecule has 4 rings (SSSR count). The van der Waals surface area contributed by atoms with E-state index in [0.29, 0.717) is 22.0 Å². The van der Waals surface area contributed by atoms with E-state index >= 15 is 0 Å². The maximum Gasteiger partial charge on any atom is 0.338 e. The van der Waals surface area contributed by atoms with Crippen molar-refractivity contribution in [3.05, 3.63) is 51.0 Å². The molecule has 1 aliphatic rings. The van der Waals surface area contributed by atoms with Crippen molar-refractivity contribution in [1.29, 1.82) is 5.26 Å². The Labute approximate surface area is 178 Å². The summed E-state index contributed by atoms with van der Waals surface area (Å²) in [5, 5.41) is 13.8. The SMILES string of the molecule is Cc1[nH]c2ccc(C(=O)OCC(=O)Nc3sc4c(c3C#N)CCC(C)C4)cc2c1C. The smallest absolute Gasteiger partial charge is 0.338 e. The van der Waals surface area contributed by atoms with Gasteiger partial charge in [0.1, 0.15) is 11.1 Å². The number of thiophene rings is 1. The Kier molecular flexibility index (Phi) is 5.35. The van der Waals surface area contributed by atoms with E-state index in [1.807, 2.05) is 19.9 Å². The van der Waals surface area contributed by atoms with Crippen LogP contribution >= 0.6 is 11.3 Å². The summed E-state index contributed by atoms with van der Waals surface area (Å²) in [4.78, 5) is 29.2. The van der Waals surface area contributed by atoms with Gasteiger partial charge in [-0.25, -0.2) is 4.79 Å². The second-order valence-corrected chi connectivity index (χ2v) is 9.03. The van der Waals surface area contributed by atoms with Gasteiger partial charge >= 0.3 is 5.97 Å². The van der Waals surface area contributed by atoms with Crippen LogP contribution in [-0.4, -0.2) is 23.5 Å². The number of nitriles is 1. The number of benzene rings is 1. The second-order valence-electron chi connectivity index (χ2n) is 7.93. The molecule has 0 radical (unpaired) electrons. The van der Waals surface area contributed by atoms with Gasteiger partial charge in [-0.2, -0.15) is 5.26 Å². The van der Waals surface area contributed by atoms with E-state index in [2.05, 4.69) is 23.3 Å². The minimum absolute atomic E-state index is 0.397. The molecule has 1 amide bonds. The summed E-state index contributed by atoms with van der Waals surface area (Å²) >= 11 is 1.46. The summed E-state index contributed by atoms with van der Waals surface area (Å²) in [6.07, 6.45) is 2.84. The second kappa shape index (κ2) is 7.96. The van der Waals surface area contributed by atoms with Crippen LogP contribution in [0.25, 0.3) is 10.9 Å². The number of carbonyl (C=O) groups excluding carboxylic acids is 2. The average Bonchev–Trinajstić information content (AvgIpc) is 3.21. The number of H-pyrrole nitrogens is 1. The molecule has 6 nitrogen and oxygen atoms in total. The van der Waals surface area contributed by atoms with Crippen molar-refractivity contribution in [2.45, 2.75) is 40.0 Å². The van der Waals surface area contributed by atoms with Gasteiger partial charge in [0.05, 0.1) is 11.1 Å². The third-order valence-electron chi connectivity index (χ3n) is 5.75. The highest BCUT2D eigenvalue weighted by atomic mass is 32.1. The van der Waals surface area contributed by atoms with Crippen LogP contribution in [0.15, 0.2) is 18.2 Å². The molecule has 3 aromatic rings. The van der Waals surface area contributed by atoms with Crippen LogP contribution < -0.4 is 5.32 Å². The van der Waals surface area contributed by atoms with E-state index in [-0.39, 0.29) is 0 Å². The fourth-order valence-electron chi connectivity index (χ4n) is 3.92. The Hall–Kier alpha value is -3.11. The van der Waals surface area contributed by atoms with Gasteiger partial charge in [0, 0.05) is 21.5 Å². The molecule has 2 aromatic heterocycles. The molecule has 0 aliphatic heterocycles. The highest BCUT2D eigenvalue weighted by Crippen LogP contribution is 2.39. The maximum atomic E-state index is 12.4. The normalized spacial score (nSPS) is 15.5. The van der Waals surface area contributed by atoms with Gasteiger partial charge in [-0.15, -0.1) is 11.3 Å². The standard InChI is InChI=1S/C23H23N3O3S/c1-12-4-6-16-18(10-24)22(30-20(16)8-12)26-21(27)11-29-23(28)15-5-7-19-17(9-15)13(2)14(3)25-19/h5,7,9,12,25H,4,6,8,11H2,1-3H3,(H,26,27). The van der Waals surface area contributed by atoms with Crippen molar-refractivity contribution >= 4 is 39.1 Å². The number of hydrogen-bond acceptors (Lipinski definition) is 5. The molecule has 154 valence electrons. The molecule has 0 saturated heterocycles. The summed E-state index contributed by atoms with van der Waals surface area (Å²) in [6.45, 7) is 5.77. The highest BCUT2D eigenvalue weighted by Gasteiger charge is 2.25. The van der Waals surface area contributed by atoms with Gasteiger partial charge < -0.3 is 15.0 Å². The molecule has 0 fully saturated rings. The zero-order valence-electron chi connectivity index (χ0n) is 17.2. The van der Waals surface area contributed by atoms with Gasteiger partial charge in [0.2, 0.25) is 0 Å². The van der Waals surface area contributed by atoms with Gasteiger partial charge in [0.25, 0.3) is 5.91 Å². The average molecular weight is 422 g/mol. The molecule has 1 unspecified atom stereocenters. The van der Waals surface area contributed by atoms with Crippen molar-refractivity contribution in [2.24, 2.45) is 5.92 Å². The summed E-state index contributed by atoms with van der Waals surface area (Å²) in [5.41, 5.74) is 5.09. The number of amides is 1. The third kappa shape index (κ3) is 3.71. The molecule has 0 bridgehead atoms. The van der Waals surface area contributed by atoms with Crippen molar-refractivity contribution in [3.63, 3.8) is 0 Å². The lowest BCUT2D eigenvalue weighted by Crippen LogP contribution is -2.20. The summed E-state index contributed by atoms with van der Waals surface area (Å²) in [5.74, 6) is -0.414. The molecule has 1 aromatic carbocycles. The van der Waals surface area contributed by atoms with Crippen molar-refractivity contribution in [1.82, 2.24) is 4.98 Å². The van der Waals surface area contributed by atoms with E-state index in [1.165, 1.54) is 16.2 Å². The number of aromatic amines is 1. The van der Waals surface area contributed by atoms with Gasteiger partial charge in [-0.1, -0.05) is 6.92 Å². The number of aryl methyl sites for hydroxylation is 2. The first-order valence-corrected chi connectivity index (χ1v) is 10.8. The number of esters is 1. The predicted octanol–water partition coefficient (Wildman–Crippen LogP) is 4.64. The first kappa shape index (κ1) is 20.2. The molecule has 0 spiro atoms. The Morgan fingerprint density at radius 3 is 2.93 bits per heavy atom. The summed E-state index contributed by atoms with van der Waals surface area (Å²) < 4.78 is 5.21. The molecular formula is C23H23N3O3S. The van der Waals surface area contributed by atoms with E-state index in [1.54, 1.807) is 12.1 Å². The quantitative estimate of drug-likeness (QED) is 0.600. The van der Waals surface area contributed by atoms with Crippen LogP contribution in [0.1, 0.15) is 51.0 Å². The van der Waals surface area contributed by atoms with Crippen LogP contribution in [0, 0.1) is 31.1 Å². The topological polar surface area (TPSA) is 95.0 Å². The van der Waals surface area contributed by atoms with Crippen LogP contribution in [-0.2, 0) is 22.4 Å². The maximum absolute atomic E-state index is 12.4. The number of nitrogens with one attached hydrogen (secondary N) is 2. The number of carbonyl (C=O) groups is 2. The first-order valence-electron chi connectivity index (χ1n) is 9.98. The molecule has 1 atom stereocenters. The van der Waals surface area contributed by atoms with Gasteiger partial charge in [0.15, 0.2) is 6.61 Å². The largest absolute Gasteiger partial charge is 0.452 e. The van der Waals surface area contributed by atoms with Gasteiger partial charge in [-0.05, 0) is 68.4 Å². The highest BCUT2D eigenvalue weighted by molar-refractivity contribution is 7.16. The lowest BCUT2D eigenvalue weighted by atomic mass is 9.89. The van der Waals surface area contributed by atoms with E-state index < -0.39 is 18.5 Å². The number of hydrogen-bond donors (Lipinski definition) is 2. The molecule has 30 heavy (non-hydrogen) atoms. The van der Waals surface area contributed by atoms with E-state index in [9.17, 15) is 14.9 Å². The Balaban J connectivity index is 1.42. The molecule has 2 N–H and O–H groups in total. The van der Waals surface area contributed by atoms with E-state index in [4.69, 9.17) is 4.74 Å². The minimum atomic E-state index is -0.551. The lowest BCUT2D eigenvalue weighted by Gasteiger charge is -2.17. The summed E-state index contributed by atoms with van der Waals surface area (Å²) in [6, 6.07) is 7.51. The number of rotatable bonds is 4. The van der Waals surface area contributed by atoms with Crippen LogP contribution in [0.3, 0.4) is 0 Å². The number of aromatic nitrogens is 1. The molecular weight excluding hydrogens is 398 g/mol. The first-order chi connectivity index (χ1) is 14.4. The van der Waals surface area contributed by atoms with E-state index in [0.717, 1.165) is 47.0 Å². The van der Waals surface area contributed by atoms with Crippen LogP contribution in [0.2, 0.25) is 0 Å². The Morgan fingerprint density at radius 2 is 2.17 bits per heavy atom. The Bertz CT molecular complexity index is 1200. The fraction of sp³-hybridized carbons (Fsp3) is 0.348.